The predicted molar refractivity (Wildman–Crippen MR) is 127 cm³/mol. The van der Waals surface area contributed by atoms with Gasteiger partial charge in [-0.15, -0.1) is 0 Å². The number of anilines is 2. The lowest BCUT2D eigenvalue weighted by atomic mass is 9.93. The maximum Gasteiger partial charge on any atom is 0.416 e. The van der Waals surface area contributed by atoms with E-state index in [4.69, 9.17) is 4.42 Å². The van der Waals surface area contributed by atoms with Gasteiger partial charge in [0.1, 0.15) is 5.76 Å². The third-order valence-electron chi connectivity index (χ3n) is 5.90. The molecule has 0 aliphatic heterocycles. The van der Waals surface area contributed by atoms with Crippen molar-refractivity contribution in [2.75, 3.05) is 16.9 Å². The molecule has 1 heterocycles. The standard InChI is InChI=1S/C26H26F3N3O2/c1-4-32(20-11-5-8-16(2)14-20)25(33)24-17(3)23-21(12-7-13-22(23)34-24)31-30-19-10-6-9-18(15-19)26(27,28)29/h5-6,8-11,14-15,30H,4,7,12-13H2,1-3H3/b31-21+. The Morgan fingerprint density at radius 3 is 2.59 bits per heavy atom. The first-order valence-corrected chi connectivity index (χ1v) is 11.2. The number of carbonyl (C=O) groups is 1. The van der Waals surface area contributed by atoms with Crippen LogP contribution in [0, 0.1) is 13.8 Å². The van der Waals surface area contributed by atoms with Crippen LogP contribution in [0.3, 0.4) is 0 Å². The molecule has 3 aromatic rings. The first-order chi connectivity index (χ1) is 16.2. The average Bonchev–Trinajstić information content (AvgIpc) is 3.15. The summed E-state index contributed by atoms with van der Waals surface area (Å²) in [6, 6.07) is 12.6. The normalized spacial score (nSPS) is 14.7. The second-order valence-electron chi connectivity index (χ2n) is 8.35. The van der Waals surface area contributed by atoms with Gasteiger partial charge in [-0.2, -0.15) is 18.3 Å². The molecule has 0 bridgehead atoms. The molecule has 0 unspecified atom stereocenters. The molecule has 5 nitrogen and oxygen atoms in total. The molecular weight excluding hydrogens is 443 g/mol. The van der Waals surface area contributed by atoms with Crippen LogP contribution in [0.1, 0.15) is 58.3 Å². The molecule has 178 valence electrons. The molecule has 1 N–H and O–H groups in total. The lowest BCUT2D eigenvalue weighted by molar-refractivity contribution is -0.137. The fourth-order valence-corrected chi connectivity index (χ4v) is 4.24. The fourth-order valence-electron chi connectivity index (χ4n) is 4.24. The van der Waals surface area contributed by atoms with E-state index in [0.29, 0.717) is 36.4 Å². The quantitative estimate of drug-likeness (QED) is 0.421. The van der Waals surface area contributed by atoms with E-state index in [9.17, 15) is 18.0 Å². The van der Waals surface area contributed by atoms with Gasteiger partial charge in [0.2, 0.25) is 0 Å². The largest absolute Gasteiger partial charge is 0.455 e. The molecule has 4 rings (SSSR count). The number of carbonyl (C=O) groups excluding carboxylic acids is 1. The second kappa shape index (κ2) is 9.37. The van der Waals surface area contributed by atoms with Gasteiger partial charge >= 0.3 is 6.18 Å². The first kappa shape index (κ1) is 23.6. The Kier molecular flexibility index (Phi) is 6.50. The van der Waals surface area contributed by atoms with Crippen molar-refractivity contribution in [3.63, 3.8) is 0 Å². The van der Waals surface area contributed by atoms with Crippen LogP contribution in [0.15, 0.2) is 58.0 Å². The van der Waals surface area contributed by atoms with E-state index in [0.717, 1.165) is 35.4 Å². The van der Waals surface area contributed by atoms with Crippen LogP contribution < -0.4 is 10.3 Å². The zero-order valence-electron chi connectivity index (χ0n) is 19.3. The summed E-state index contributed by atoms with van der Waals surface area (Å²) >= 11 is 0. The molecular formula is C26H26F3N3O2. The van der Waals surface area contributed by atoms with Crippen LogP contribution in [0.4, 0.5) is 24.5 Å². The van der Waals surface area contributed by atoms with Gasteiger partial charge in [0.15, 0.2) is 5.76 Å². The lowest BCUT2D eigenvalue weighted by Gasteiger charge is -2.20. The van der Waals surface area contributed by atoms with Crippen molar-refractivity contribution in [1.82, 2.24) is 0 Å². The van der Waals surface area contributed by atoms with Crippen molar-refractivity contribution in [3.8, 4) is 0 Å². The Hall–Kier alpha value is -3.55. The maximum atomic E-state index is 13.4. The monoisotopic (exact) mass is 469 g/mol. The van der Waals surface area contributed by atoms with E-state index in [-0.39, 0.29) is 17.4 Å². The van der Waals surface area contributed by atoms with Gasteiger partial charge < -0.3 is 9.32 Å². The molecule has 1 aliphatic rings. The fraction of sp³-hybridized carbons (Fsp3) is 0.308. The van der Waals surface area contributed by atoms with Crippen LogP contribution in [-0.2, 0) is 12.6 Å². The van der Waals surface area contributed by atoms with Crippen molar-refractivity contribution in [3.05, 3.63) is 82.3 Å². The third-order valence-corrected chi connectivity index (χ3v) is 5.90. The summed E-state index contributed by atoms with van der Waals surface area (Å²) in [4.78, 5) is 15.1. The Morgan fingerprint density at radius 1 is 1.12 bits per heavy atom. The van der Waals surface area contributed by atoms with Crippen LogP contribution in [0.25, 0.3) is 0 Å². The number of rotatable bonds is 5. The molecule has 34 heavy (non-hydrogen) atoms. The van der Waals surface area contributed by atoms with E-state index < -0.39 is 11.7 Å². The number of nitrogens with zero attached hydrogens (tertiary/aromatic N) is 2. The van der Waals surface area contributed by atoms with Crippen LogP contribution in [-0.4, -0.2) is 18.2 Å². The lowest BCUT2D eigenvalue weighted by Crippen LogP contribution is -2.30. The van der Waals surface area contributed by atoms with Gasteiger partial charge in [-0.3, -0.25) is 10.2 Å². The second-order valence-corrected chi connectivity index (χ2v) is 8.35. The van der Waals surface area contributed by atoms with Crippen LogP contribution in [0.2, 0.25) is 0 Å². The predicted octanol–water partition coefficient (Wildman–Crippen LogP) is 6.73. The number of furan rings is 1. The summed E-state index contributed by atoms with van der Waals surface area (Å²) in [5.74, 6) is 0.712. The van der Waals surface area contributed by atoms with Crippen molar-refractivity contribution in [1.29, 1.82) is 0 Å². The molecule has 8 heteroatoms. The number of nitrogens with one attached hydrogen (secondary N) is 1. The molecule has 1 aromatic heterocycles. The number of benzene rings is 2. The Labute approximate surface area is 196 Å². The maximum absolute atomic E-state index is 13.4. The molecule has 0 radical (unpaired) electrons. The highest BCUT2D eigenvalue weighted by atomic mass is 19.4. The van der Waals surface area contributed by atoms with E-state index >= 15 is 0 Å². The number of hydrogen-bond donors (Lipinski definition) is 1. The van der Waals surface area contributed by atoms with Gasteiger partial charge in [-0.05, 0) is 69.5 Å². The molecule has 2 aromatic carbocycles. The molecule has 0 fully saturated rings. The summed E-state index contributed by atoms with van der Waals surface area (Å²) in [6.07, 6.45) is -2.36. The highest BCUT2D eigenvalue weighted by Gasteiger charge is 2.31. The van der Waals surface area contributed by atoms with Crippen molar-refractivity contribution < 1.29 is 22.4 Å². The highest BCUT2D eigenvalue weighted by molar-refractivity contribution is 6.10. The number of hydrazone groups is 1. The van der Waals surface area contributed by atoms with Crippen molar-refractivity contribution in [2.45, 2.75) is 46.2 Å². The highest BCUT2D eigenvalue weighted by Crippen LogP contribution is 2.33. The Morgan fingerprint density at radius 2 is 1.88 bits per heavy atom. The molecule has 0 saturated carbocycles. The van der Waals surface area contributed by atoms with Crippen LogP contribution in [0.5, 0.6) is 0 Å². The number of aryl methyl sites for hydroxylation is 2. The summed E-state index contributed by atoms with van der Waals surface area (Å²) < 4.78 is 45.1. The SMILES string of the molecule is CCN(C(=O)c1oc2c(c1C)/C(=N/Nc1cccc(C(F)(F)F)c1)CCC2)c1cccc(C)c1. The van der Waals surface area contributed by atoms with Gasteiger partial charge in [0.25, 0.3) is 5.91 Å². The first-order valence-electron chi connectivity index (χ1n) is 11.2. The van der Waals surface area contributed by atoms with E-state index in [1.54, 1.807) is 4.90 Å². The number of halogens is 3. The van der Waals surface area contributed by atoms with E-state index in [1.165, 1.54) is 12.1 Å². The summed E-state index contributed by atoms with van der Waals surface area (Å²) in [7, 11) is 0. The summed E-state index contributed by atoms with van der Waals surface area (Å²) in [5, 5.41) is 4.40. The van der Waals surface area contributed by atoms with Gasteiger partial charge in [-0.25, -0.2) is 0 Å². The molecule has 1 aliphatic carbocycles. The van der Waals surface area contributed by atoms with Gasteiger partial charge in [-0.1, -0.05) is 18.2 Å². The number of amides is 1. The van der Waals surface area contributed by atoms with Crippen molar-refractivity contribution >= 4 is 23.0 Å². The zero-order valence-corrected chi connectivity index (χ0v) is 19.3. The van der Waals surface area contributed by atoms with Gasteiger partial charge in [0.05, 0.1) is 17.0 Å². The van der Waals surface area contributed by atoms with E-state index in [2.05, 4.69) is 10.5 Å². The number of fused-ring (bicyclic) bond motifs is 1. The topological polar surface area (TPSA) is 57.8 Å². The molecule has 1 amide bonds. The zero-order chi connectivity index (χ0) is 24.5. The average molecular weight is 470 g/mol. The Bertz CT molecular complexity index is 1240. The van der Waals surface area contributed by atoms with Crippen molar-refractivity contribution in [2.24, 2.45) is 5.10 Å². The summed E-state index contributed by atoms with van der Waals surface area (Å²) in [5.41, 5.74) is 6.20. The summed E-state index contributed by atoms with van der Waals surface area (Å²) in [6.45, 7) is 6.18. The molecule has 0 atom stereocenters. The minimum absolute atomic E-state index is 0.231. The smallest absolute Gasteiger partial charge is 0.416 e. The third kappa shape index (κ3) is 4.71. The van der Waals surface area contributed by atoms with Gasteiger partial charge in [0, 0.05) is 29.8 Å². The molecule has 0 spiro atoms. The minimum atomic E-state index is -4.43. The molecule has 0 saturated heterocycles. The van der Waals surface area contributed by atoms with Crippen LogP contribution >= 0.6 is 0 Å². The van der Waals surface area contributed by atoms with E-state index in [1.807, 2.05) is 45.0 Å². The number of alkyl halides is 3. The Balaban J connectivity index is 1.64. The minimum Gasteiger partial charge on any atom is -0.455 e. The number of hydrogen-bond acceptors (Lipinski definition) is 4.